The van der Waals surface area contributed by atoms with Gasteiger partial charge >= 0.3 is 0 Å². The minimum atomic E-state index is 0. The van der Waals surface area contributed by atoms with Crippen molar-refractivity contribution in [2.75, 3.05) is 39.2 Å². The highest BCUT2D eigenvalue weighted by molar-refractivity contribution is 14.0. The van der Waals surface area contributed by atoms with E-state index in [0.717, 1.165) is 32.1 Å². The maximum atomic E-state index is 5.95. The molecule has 1 aromatic carbocycles. The summed E-state index contributed by atoms with van der Waals surface area (Å²) in [6, 6.07) is 8.56. The predicted molar refractivity (Wildman–Crippen MR) is 122 cm³/mol. The molecule has 1 aliphatic rings. The van der Waals surface area contributed by atoms with Crippen LogP contribution in [0.1, 0.15) is 44.1 Å². The van der Waals surface area contributed by atoms with Crippen LogP contribution in [0.5, 0.6) is 0 Å². The molecule has 0 amide bonds. The van der Waals surface area contributed by atoms with Gasteiger partial charge in [-0.2, -0.15) is 0 Å². The minimum Gasteiger partial charge on any atom is -0.378 e. The first-order chi connectivity index (χ1) is 12.2. The summed E-state index contributed by atoms with van der Waals surface area (Å²) in [4.78, 5) is 6.39. The van der Waals surface area contributed by atoms with Crippen molar-refractivity contribution >= 4 is 35.6 Å². The van der Waals surface area contributed by atoms with Gasteiger partial charge in [0.2, 0.25) is 0 Å². The lowest BCUT2D eigenvalue weighted by Crippen LogP contribution is -2.37. The molecule has 0 bridgehead atoms. The van der Waals surface area contributed by atoms with E-state index in [4.69, 9.17) is 4.74 Å². The van der Waals surface area contributed by atoms with Crippen LogP contribution in [0.2, 0.25) is 0 Å². The average Bonchev–Trinajstić information content (AvgIpc) is 2.65. The summed E-state index contributed by atoms with van der Waals surface area (Å²) >= 11 is 0. The molecule has 0 unspecified atom stereocenters. The molecule has 1 fully saturated rings. The van der Waals surface area contributed by atoms with E-state index >= 15 is 0 Å². The van der Waals surface area contributed by atoms with E-state index in [2.05, 4.69) is 58.9 Å². The Morgan fingerprint density at radius 2 is 1.81 bits per heavy atom. The predicted octanol–water partition coefficient (Wildman–Crippen LogP) is 3.78. The Bertz CT molecular complexity index is 513. The van der Waals surface area contributed by atoms with Crippen molar-refractivity contribution in [1.29, 1.82) is 0 Å². The van der Waals surface area contributed by atoms with Crippen LogP contribution in [0.4, 0.5) is 5.69 Å². The van der Waals surface area contributed by atoms with E-state index in [1.165, 1.54) is 43.4 Å². The molecular formula is C20H35IN4O. The molecule has 2 N–H and O–H groups in total. The number of ether oxygens (including phenoxy) is 1. The first-order valence-corrected chi connectivity index (χ1v) is 9.51. The van der Waals surface area contributed by atoms with E-state index in [1.807, 2.05) is 7.05 Å². The molecular weight excluding hydrogens is 439 g/mol. The van der Waals surface area contributed by atoms with Crippen LogP contribution in [-0.4, -0.2) is 46.4 Å². The quantitative estimate of drug-likeness (QED) is 0.261. The molecule has 1 aromatic rings. The minimum absolute atomic E-state index is 0. The van der Waals surface area contributed by atoms with E-state index in [0.29, 0.717) is 6.10 Å². The smallest absolute Gasteiger partial charge is 0.191 e. The number of anilines is 1. The van der Waals surface area contributed by atoms with Gasteiger partial charge in [0.15, 0.2) is 5.96 Å². The summed E-state index contributed by atoms with van der Waals surface area (Å²) in [6.45, 7) is 2.48. The van der Waals surface area contributed by atoms with Crippen molar-refractivity contribution in [2.45, 2.75) is 51.2 Å². The van der Waals surface area contributed by atoms with Gasteiger partial charge < -0.3 is 20.3 Å². The SMILES string of the molecule is CN=C(NCCCOC1CCCCC1)NCc1ccc(N(C)C)cc1.I. The molecule has 26 heavy (non-hydrogen) atoms. The molecule has 5 nitrogen and oxygen atoms in total. The molecule has 1 aliphatic carbocycles. The topological polar surface area (TPSA) is 48.9 Å². The third kappa shape index (κ3) is 8.58. The number of halogens is 1. The molecule has 0 heterocycles. The number of rotatable bonds is 8. The number of hydrogen-bond acceptors (Lipinski definition) is 3. The van der Waals surface area contributed by atoms with Gasteiger partial charge in [-0.25, -0.2) is 0 Å². The van der Waals surface area contributed by atoms with Crippen molar-refractivity contribution < 1.29 is 4.74 Å². The van der Waals surface area contributed by atoms with Gasteiger partial charge in [-0.3, -0.25) is 4.99 Å². The van der Waals surface area contributed by atoms with Crippen molar-refractivity contribution in [3.8, 4) is 0 Å². The second kappa shape index (κ2) is 13.2. The fourth-order valence-electron chi connectivity index (χ4n) is 3.08. The Labute approximate surface area is 176 Å². The van der Waals surface area contributed by atoms with Gasteiger partial charge in [-0.05, 0) is 37.0 Å². The normalized spacial score (nSPS) is 15.3. The third-order valence-electron chi connectivity index (χ3n) is 4.66. The van der Waals surface area contributed by atoms with Gasteiger partial charge in [-0.1, -0.05) is 31.4 Å². The van der Waals surface area contributed by atoms with Gasteiger partial charge in [0.05, 0.1) is 6.10 Å². The molecule has 1 saturated carbocycles. The van der Waals surface area contributed by atoms with E-state index in [-0.39, 0.29) is 24.0 Å². The highest BCUT2D eigenvalue weighted by atomic mass is 127. The number of guanidine groups is 1. The fourth-order valence-corrected chi connectivity index (χ4v) is 3.08. The molecule has 0 spiro atoms. The fraction of sp³-hybridized carbons (Fsp3) is 0.650. The molecule has 6 heteroatoms. The van der Waals surface area contributed by atoms with Gasteiger partial charge in [0.1, 0.15) is 0 Å². The lowest BCUT2D eigenvalue weighted by atomic mass is 9.98. The summed E-state index contributed by atoms with van der Waals surface area (Å²) < 4.78 is 5.95. The number of nitrogens with zero attached hydrogens (tertiary/aromatic N) is 2. The number of nitrogens with one attached hydrogen (secondary N) is 2. The summed E-state index contributed by atoms with van der Waals surface area (Å²) in [6.07, 6.45) is 8.02. The van der Waals surface area contributed by atoms with Crippen LogP contribution in [0.25, 0.3) is 0 Å². The van der Waals surface area contributed by atoms with Crippen LogP contribution in [0.3, 0.4) is 0 Å². The lowest BCUT2D eigenvalue weighted by Gasteiger charge is -2.22. The molecule has 148 valence electrons. The van der Waals surface area contributed by atoms with Gasteiger partial charge in [0.25, 0.3) is 0 Å². The van der Waals surface area contributed by atoms with Crippen molar-refractivity contribution in [1.82, 2.24) is 10.6 Å². The van der Waals surface area contributed by atoms with E-state index in [9.17, 15) is 0 Å². The second-order valence-electron chi connectivity index (χ2n) is 6.90. The molecule has 0 atom stereocenters. The van der Waals surface area contributed by atoms with Crippen molar-refractivity contribution in [3.05, 3.63) is 29.8 Å². The lowest BCUT2D eigenvalue weighted by molar-refractivity contribution is 0.0277. The number of aliphatic imine (C=N–C) groups is 1. The van der Waals surface area contributed by atoms with Crippen LogP contribution in [-0.2, 0) is 11.3 Å². The van der Waals surface area contributed by atoms with Crippen LogP contribution in [0, 0.1) is 0 Å². The summed E-state index contributed by atoms with van der Waals surface area (Å²) in [7, 11) is 5.91. The zero-order valence-corrected chi connectivity index (χ0v) is 18.8. The van der Waals surface area contributed by atoms with Crippen LogP contribution >= 0.6 is 24.0 Å². The average molecular weight is 474 g/mol. The Morgan fingerprint density at radius 1 is 1.12 bits per heavy atom. The molecule has 0 aromatic heterocycles. The summed E-state index contributed by atoms with van der Waals surface area (Å²) in [5, 5.41) is 6.72. The standard InChI is InChI=1S/C20H34N4O.HI/c1-21-20(22-14-7-15-25-19-8-5-4-6-9-19)23-16-17-10-12-18(13-11-17)24(2)3;/h10-13,19H,4-9,14-16H2,1-3H3,(H2,21,22,23);1H. The highest BCUT2D eigenvalue weighted by Gasteiger charge is 2.12. The maximum absolute atomic E-state index is 5.95. The van der Waals surface area contributed by atoms with Crippen LogP contribution < -0.4 is 15.5 Å². The van der Waals surface area contributed by atoms with E-state index in [1.54, 1.807) is 0 Å². The third-order valence-corrected chi connectivity index (χ3v) is 4.66. The summed E-state index contributed by atoms with van der Waals surface area (Å²) in [5.74, 6) is 0.842. The molecule has 0 radical (unpaired) electrons. The van der Waals surface area contributed by atoms with Crippen molar-refractivity contribution in [2.24, 2.45) is 4.99 Å². The zero-order valence-electron chi connectivity index (χ0n) is 16.5. The Morgan fingerprint density at radius 3 is 2.42 bits per heavy atom. The first-order valence-electron chi connectivity index (χ1n) is 9.51. The summed E-state index contributed by atoms with van der Waals surface area (Å²) in [5.41, 5.74) is 2.46. The Hall–Kier alpha value is -1.02. The van der Waals surface area contributed by atoms with Crippen molar-refractivity contribution in [3.63, 3.8) is 0 Å². The Kier molecular flexibility index (Phi) is 11.7. The first kappa shape index (κ1) is 23.0. The number of benzene rings is 1. The maximum Gasteiger partial charge on any atom is 0.191 e. The largest absolute Gasteiger partial charge is 0.378 e. The Balaban J connectivity index is 0.00000338. The molecule has 2 rings (SSSR count). The molecule has 0 saturated heterocycles. The monoisotopic (exact) mass is 474 g/mol. The highest BCUT2D eigenvalue weighted by Crippen LogP contribution is 2.20. The number of hydrogen-bond donors (Lipinski definition) is 2. The molecule has 0 aliphatic heterocycles. The van der Waals surface area contributed by atoms with E-state index < -0.39 is 0 Å². The zero-order chi connectivity index (χ0) is 17.9. The second-order valence-corrected chi connectivity index (χ2v) is 6.90. The van der Waals surface area contributed by atoms with Gasteiger partial charge in [0, 0.05) is 46.5 Å². The van der Waals surface area contributed by atoms with Gasteiger partial charge in [-0.15, -0.1) is 24.0 Å². The van der Waals surface area contributed by atoms with Crippen LogP contribution in [0.15, 0.2) is 29.3 Å².